The van der Waals surface area contributed by atoms with Crippen molar-refractivity contribution in [1.29, 1.82) is 0 Å². The van der Waals surface area contributed by atoms with Crippen molar-refractivity contribution in [3.05, 3.63) is 23.7 Å². The van der Waals surface area contributed by atoms with Gasteiger partial charge in [-0.25, -0.2) is 0 Å². The first-order valence-corrected chi connectivity index (χ1v) is 9.89. The maximum atomic E-state index is 12.7. The van der Waals surface area contributed by atoms with Gasteiger partial charge in [0.15, 0.2) is 0 Å². The highest BCUT2D eigenvalue weighted by molar-refractivity contribution is 5.79. The van der Waals surface area contributed by atoms with Crippen molar-refractivity contribution in [3.8, 4) is 0 Å². The van der Waals surface area contributed by atoms with Crippen molar-refractivity contribution in [3.63, 3.8) is 0 Å². The summed E-state index contributed by atoms with van der Waals surface area (Å²) in [6.07, 6.45) is 2.82. The summed E-state index contributed by atoms with van der Waals surface area (Å²) >= 11 is 0. The van der Waals surface area contributed by atoms with Crippen LogP contribution >= 0.6 is 0 Å². The van der Waals surface area contributed by atoms with E-state index in [1.807, 2.05) is 6.92 Å². The number of carbonyl (C=O) groups is 1. The minimum absolute atomic E-state index is 0.0269. The fourth-order valence-electron chi connectivity index (χ4n) is 6.89. The SMILES string of the molecule is COC(=O)[C@@H]1c2ccoc2C[C@H]2[C@H]1[C@@H](O)[C@H](O)[C@H]1[C@](C)(CO)CCC[C@]21C. The Morgan fingerprint density at radius 1 is 1.30 bits per heavy atom. The first-order valence-electron chi connectivity index (χ1n) is 9.89. The van der Waals surface area contributed by atoms with Crippen LogP contribution in [0.15, 0.2) is 16.7 Å². The molecule has 3 aliphatic rings. The van der Waals surface area contributed by atoms with E-state index in [-0.39, 0.29) is 23.9 Å². The third kappa shape index (κ3) is 2.46. The summed E-state index contributed by atoms with van der Waals surface area (Å²) in [6.45, 7) is 4.13. The first kappa shape index (κ1) is 19.0. The lowest BCUT2D eigenvalue weighted by Crippen LogP contribution is -2.66. The lowest BCUT2D eigenvalue weighted by molar-refractivity contribution is -0.227. The summed E-state index contributed by atoms with van der Waals surface area (Å²) in [5.74, 6) is -0.982. The standard InChI is InChI=1S/C21H30O6/c1-20(10-22)6-4-7-21(2)12-9-13-11(5-8-27-13)14(19(25)26-3)15(12)16(23)17(24)18(20)21/h5,8,12,14-18,22-24H,4,6-7,9-10H2,1-3H3/t12-,14+,15+,16+,17-,18-,20-,21+/m0/s1. The minimum Gasteiger partial charge on any atom is -0.469 e. The Balaban J connectivity index is 1.86. The zero-order valence-electron chi connectivity index (χ0n) is 16.2. The summed E-state index contributed by atoms with van der Waals surface area (Å²) in [7, 11) is 1.35. The maximum absolute atomic E-state index is 12.7. The normalized spacial score (nSPS) is 46.1. The molecule has 0 amide bonds. The summed E-state index contributed by atoms with van der Waals surface area (Å²) in [5, 5.41) is 32.5. The molecule has 0 bridgehead atoms. The van der Waals surface area contributed by atoms with Crippen molar-refractivity contribution in [2.75, 3.05) is 13.7 Å². The lowest BCUT2D eigenvalue weighted by Gasteiger charge is -2.64. The number of furan rings is 1. The third-order valence-electron chi connectivity index (χ3n) is 8.04. The van der Waals surface area contributed by atoms with Crippen LogP contribution < -0.4 is 0 Å². The van der Waals surface area contributed by atoms with E-state index in [1.165, 1.54) is 7.11 Å². The maximum Gasteiger partial charge on any atom is 0.313 e. The van der Waals surface area contributed by atoms with Gasteiger partial charge in [0, 0.05) is 30.4 Å². The largest absolute Gasteiger partial charge is 0.469 e. The van der Waals surface area contributed by atoms with Gasteiger partial charge in [0.05, 0.1) is 31.5 Å². The second-order valence-electron chi connectivity index (χ2n) is 9.32. The molecule has 2 fully saturated rings. The molecule has 8 atom stereocenters. The van der Waals surface area contributed by atoms with Crippen molar-refractivity contribution >= 4 is 5.97 Å². The van der Waals surface area contributed by atoms with E-state index in [1.54, 1.807) is 12.3 Å². The highest BCUT2D eigenvalue weighted by Gasteiger charge is 2.65. The van der Waals surface area contributed by atoms with Crippen LogP contribution in [-0.2, 0) is 16.0 Å². The molecule has 6 heteroatoms. The van der Waals surface area contributed by atoms with Crippen LogP contribution in [0, 0.1) is 28.6 Å². The average Bonchev–Trinajstić information content (AvgIpc) is 3.12. The van der Waals surface area contributed by atoms with Crippen molar-refractivity contribution in [2.45, 2.75) is 57.7 Å². The number of carbonyl (C=O) groups excluding carboxylic acids is 1. The molecular formula is C21H30O6. The number of ether oxygens (including phenoxy) is 1. The Morgan fingerprint density at radius 2 is 2.04 bits per heavy atom. The topological polar surface area (TPSA) is 100 Å². The van der Waals surface area contributed by atoms with Crippen LogP contribution in [-0.4, -0.2) is 47.2 Å². The second kappa shape index (κ2) is 6.33. The molecule has 1 aromatic rings. The predicted octanol–water partition coefficient (Wildman–Crippen LogP) is 1.87. The molecule has 0 aromatic carbocycles. The fourth-order valence-corrected chi connectivity index (χ4v) is 6.89. The van der Waals surface area contributed by atoms with Gasteiger partial charge in [-0.3, -0.25) is 4.79 Å². The zero-order chi connectivity index (χ0) is 19.6. The van der Waals surface area contributed by atoms with Crippen LogP contribution in [0.25, 0.3) is 0 Å². The Labute approximate surface area is 159 Å². The van der Waals surface area contributed by atoms with E-state index in [0.29, 0.717) is 6.42 Å². The van der Waals surface area contributed by atoms with E-state index in [2.05, 4.69) is 6.92 Å². The Bertz CT molecular complexity index is 728. The lowest BCUT2D eigenvalue weighted by atomic mass is 9.42. The van der Waals surface area contributed by atoms with Crippen LogP contribution in [0.3, 0.4) is 0 Å². The molecule has 150 valence electrons. The number of hydrogen-bond acceptors (Lipinski definition) is 6. The van der Waals surface area contributed by atoms with Gasteiger partial charge in [-0.05, 0) is 35.7 Å². The molecular weight excluding hydrogens is 348 g/mol. The van der Waals surface area contributed by atoms with E-state index in [0.717, 1.165) is 30.6 Å². The smallest absolute Gasteiger partial charge is 0.313 e. The van der Waals surface area contributed by atoms with Gasteiger partial charge in [0.2, 0.25) is 0 Å². The van der Waals surface area contributed by atoms with E-state index < -0.39 is 35.4 Å². The molecule has 0 radical (unpaired) electrons. The van der Waals surface area contributed by atoms with Gasteiger partial charge < -0.3 is 24.5 Å². The Morgan fingerprint density at radius 3 is 2.70 bits per heavy atom. The molecule has 6 nitrogen and oxygen atoms in total. The number of fused-ring (bicyclic) bond motifs is 4. The summed E-state index contributed by atoms with van der Waals surface area (Å²) < 4.78 is 10.8. The van der Waals surface area contributed by atoms with E-state index in [9.17, 15) is 20.1 Å². The van der Waals surface area contributed by atoms with Gasteiger partial charge in [-0.2, -0.15) is 0 Å². The molecule has 2 saturated carbocycles. The molecule has 0 aliphatic heterocycles. The van der Waals surface area contributed by atoms with Gasteiger partial charge in [0.1, 0.15) is 5.76 Å². The molecule has 3 aliphatic carbocycles. The van der Waals surface area contributed by atoms with Gasteiger partial charge >= 0.3 is 5.97 Å². The van der Waals surface area contributed by atoms with Crippen LogP contribution in [0.2, 0.25) is 0 Å². The quantitative estimate of drug-likeness (QED) is 0.680. The molecule has 1 aromatic heterocycles. The molecule has 0 unspecified atom stereocenters. The monoisotopic (exact) mass is 378 g/mol. The van der Waals surface area contributed by atoms with E-state index in [4.69, 9.17) is 9.15 Å². The molecule has 0 saturated heterocycles. The van der Waals surface area contributed by atoms with Gasteiger partial charge in [0.25, 0.3) is 0 Å². The van der Waals surface area contributed by atoms with Crippen molar-refractivity contribution < 1.29 is 29.3 Å². The van der Waals surface area contributed by atoms with Crippen LogP contribution in [0.1, 0.15) is 50.4 Å². The fraction of sp³-hybridized carbons (Fsp3) is 0.762. The number of aliphatic hydroxyl groups excluding tert-OH is 3. The van der Waals surface area contributed by atoms with E-state index >= 15 is 0 Å². The molecule has 3 N–H and O–H groups in total. The zero-order valence-corrected chi connectivity index (χ0v) is 16.2. The van der Waals surface area contributed by atoms with Crippen LogP contribution in [0.4, 0.5) is 0 Å². The number of esters is 1. The summed E-state index contributed by atoms with van der Waals surface area (Å²) in [4.78, 5) is 12.7. The molecule has 27 heavy (non-hydrogen) atoms. The van der Waals surface area contributed by atoms with Crippen molar-refractivity contribution in [2.24, 2.45) is 28.6 Å². The van der Waals surface area contributed by atoms with Gasteiger partial charge in [-0.15, -0.1) is 0 Å². The first-order chi connectivity index (χ1) is 12.8. The van der Waals surface area contributed by atoms with Gasteiger partial charge in [-0.1, -0.05) is 20.3 Å². The third-order valence-corrected chi connectivity index (χ3v) is 8.04. The Hall–Kier alpha value is -1.37. The predicted molar refractivity (Wildman–Crippen MR) is 96.8 cm³/mol. The number of methoxy groups -OCH3 is 1. The van der Waals surface area contributed by atoms with Crippen molar-refractivity contribution in [1.82, 2.24) is 0 Å². The highest BCUT2D eigenvalue weighted by Crippen LogP contribution is 2.65. The average molecular weight is 378 g/mol. The summed E-state index contributed by atoms with van der Waals surface area (Å²) in [6, 6.07) is 1.78. The molecule has 1 heterocycles. The number of hydrogen-bond donors (Lipinski definition) is 3. The second-order valence-corrected chi connectivity index (χ2v) is 9.32. The Kier molecular flexibility index (Phi) is 4.44. The molecule has 0 spiro atoms. The number of rotatable bonds is 2. The minimum atomic E-state index is -1.05. The summed E-state index contributed by atoms with van der Waals surface area (Å²) in [5.41, 5.74) is -0.00428. The highest BCUT2D eigenvalue weighted by atomic mass is 16.5. The van der Waals surface area contributed by atoms with Crippen LogP contribution in [0.5, 0.6) is 0 Å². The number of aliphatic hydroxyl groups is 3. The molecule has 4 rings (SSSR count).